The number of hydrogen-bond acceptors (Lipinski definition) is 4. The second kappa shape index (κ2) is 7.13. The Morgan fingerprint density at radius 2 is 1.82 bits per heavy atom. The van der Waals surface area contributed by atoms with Crippen LogP contribution < -0.4 is 4.90 Å². The second-order valence-corrected chi connectivity index (χ2v) is 7.45. The van der Waals surface area contributed by atoms with Crippen LogP contribution in [0.25, 0.3) is 5.76 Å². The van der Waals surface area contributed by atoms with Crippen molar-refractivity contribution in [2.45, 2.75) is 13.0 Å². The molecule has 0 saturated carbocycles. The monoisotopic (exact) mass is 437 g/mol. The first kappa shape index (κ1) is 18.3. The standard InChI is InChI=1S/C22H16BrNO4/c1-13-4-2-5-16(12-13)24-19(17-6-3-11-28-17)18(21(26)22(24)27)20(25)14-7-9-15(23)10-8-14/h2-12,19,25H,1H3/b20-18-. The molecule has 6 heteroatoms. The Labute approximate surface area is 170 Å². The van der Waals surface area contributed by atoms with Crippen molar-refractivity contribution in [2.24, 2.45) is 0 Å². The summed E-state index contributed by atoms with van der Waals surface area (Å²) in [6.45, 7) is 1.91. The molecule has 2 aromatic carbocycles. The molecule has 1 unspecified atom stereocenters. The van der Waals surface area contributed by atoms with Gasteiger partial charge in [-0.25, -0.2) is 0 Å². The molecule has 28 heavy (non-hydrogen) atoms. The SMILES string of the molecule is Cc1cccc(N2C(=O)C(=O)/C(=C(\O)c3ccc(Br)cc3)C2c2ccco2)c1. The van der Waals surface area contributed by atoms with Gasteiger partial charge in [0.1, 0.15) is 17.6 Å². The van der Waals surface area contributed by atoms with Crippen LogP contribution in [-0.2, 0) is 9.59 Å². The molecule has 140 valence electrons. The molecule has 3 aromatic rings. The summed E-state index contributed by atoms with van der Waals surface area (Å²) in [5.74, 6) is -1.28. The van der Waals surface area contributed by atoms with Gasteiger partial charge in [-0.3, -0.25) is 14.5 Å². The van der Waals surface area contributed by atoms with Gasteiger partial charge in [-0.1, -0.05) is 40.2 Å². The highest BCUT2D eigenvalue weighted by Crippen LogP contribution is 2.42. The van der Waals surface area contributed by atoms with E-state index < -0.39 is 17.7 Å². The summed E-state index contributed by atoms with van der Waals surface area (Å²) in [5.41, 5.74) is 1.97. The lowest BCUT2D eigenvalue weighted by Gasteiger charge is -2.23. The molecule has 0 spiro atoms. The van der Waals surface area contributed by atoms with Crippen LogP contribution in [-0.4, -0.2) is 16.8 Å². The maximum absolute atomic E-state index is 12.9. The number of hydrogen-bond donors (Lipinski definition) is 1. The fourth-order valence-corrected chi connectivity index (χ4v) is 3.62. The van der Waals surface area contributed by atoms with Crippen molar-refractivity contribution in [2.75, 3.05) is 4.90 Å². The first-order chi connectivity index (χ1) is 13.5. The molecule has 1 saturated heterocycles. The van der Waals surface area contributed by atoms with E-state index in [9.17, 15) is 14.7 Å². The third kappa shape index (κ3) is 3.05. The summed E-state index contributed by atoms with van der Waals surface area (Å²) in [6.07, 6.45) is 1.48. The van der Waals surface area contributed by atoms with Crippen LogP contribution in [0.1, 0.15) is 22.9 Å². The van der Waals surface area contributed by atoms with E-state index in [1.54, 1.807) is 42.5 Å². The predicted molar refractivity (Wildman–Crippen MR) is 109 cm³/mol. The number of Topliss-reactive ketones (excluding diaryl/α,β-unsaturated/α-hetero) is 1. The lowest BCUT2D eigenvalue weighted by Crippen LogP contribution is -2.29. The van der Waals surface area contributed by atoms with Gasteiger partial charge < -0.3 is 9.52 Å². The zero-order valence-corrected chi connectivity index (χ0v) is 16.5. The molecule has 1 atom stereocenters. The summed E-state index contributed by atoms with van der Waals surface area (Å²) < 4.78 is 6.37. The lowest BCUT2D eigenvalue weighted by molar-refractivity contribution is -0.132. The Balaban J connectivity index is 1.93. The van der Waals surface area contributed by atoms with Crippen molar-refractivity contribution in [1.82, 2.24) is 0 Å². The highest BCUT2D eigenvalue weighted by molar-refractivity contribution is 9.10. The summed E-state index contributed by atoms with van der Waals surface area (Å²) >= 11 is 3.35. The number of halogens is 1. The van der Waals surface area contributed by atoms with Crippen molar-refractivity contribution >= 4 is 39.1 Å². The minimum Gasteiger partial charge on any atom is -0.507 e. The van der Waals surface area contributed by atoms with Gasteiger partial charge in [0.15, 0.2) is 0 Å². The smallest absolute Gasteiger partial charge is 0.300 e. The number of amides is 1. The molecule has 2 heterocycles. The third-order valence-electron chi connectivity index (χ3n) is 4.65. The van der Waals surface area contributed by atoms with Gasteiger partial charge in [0, 0.05) is 15.7 Å². The Hall–Kier alpha value is -3.12. The Morgan fingerprint density at radius 1 is 1.07 bits per heavy atom. The number of furan rings is 1. The Bertz CT molecular complexity index is 1080. The van der Waals surface area contributed by atoms with E-state index >= 15 is 0 Å². The minimum absolute atomic E-state index is 0.00350. The van der Waals surface area contributed by atoms with E-state index in [1.807, 2.05) is 25.1 Å². The molecular weight excluding hydrogens is 422 g/mol. The lowest BCUT2D eigenvalue weighted by atomic mass is 9.99. The highest BCUT2D eigenvalue weighted by Gasteiger charge is 2.48. The summed E-state index contributed by atoms with van der Waals surface area (Å²) in [6, 6.07) is 16.7. The molecule has 0 bridgehead atoms. The maximum atomic E-state index is 12.9. The van der Waals surface area contributed by atoms with E-state index in [0.717, 1.165) is 10.0 Å². The first-order valence-electron chi connectivity index (χ1n) is 8.64. The number of aliphatic hydroxyl groups is 1. The van der Waals surface area contributed by atoms with Crippen molar-refractivity contribution in [3.8, 4) is 0 Å². The van der Waals surface area contributed by atoms with Gasteiger partial charge in [-0.15, -0.1) is 0 Å². The molecule has 4 rings (SSSR count). The average Bonchev–Trinajstić information content (AvgIpc) is 3.29. The van der Waals surface area contributed by atoms with Gasteiger partial charge in [-0.05, 0) is 48.9 Å². The van der Waals surface area contributed by atoms with Gasteiger partial charge in [0.2, 0.25) is 0 Å². The van der Waals surface area contributed by atoms with Crippen LogP contribution in [0.15, 0.2) is 81.4 Å². The van der Waals surface area contributed by atoms with Crippen LogP contribution in [0.4, 0.5) is 5.69 Å². The molecule has 1 aromatic heterocycles. The quantitative estimate of drug-likeness (QED) is 0.356. The maximum Gasteiger partial charge on any atom is 0.300 e. The predicted octanol–water partition coefficient (Wildman–Crippen LogP) is 4.98. The molecular formula is C22H16BrNO4. The number of aliphatic hydroxyl groups excluding tert-OH is 1. The van der Waals surface area contributed by atoms with Gasteiger partial charge in [-0.2, -0.15) is 0 Å². The van der Waals surface area contributed by atoms with Crippen LogP contribution in [0.3, 0.4) is 0 Å². The number of ketones is 1. The Kier molecular flexibility index (Phi) is 4.65. The normalized spacial score (nSPS) is 18.6. The van der Waals surface area contributed by atoms with E-state index in [2.05, 4.69) is 15.9 Å². The number of anilines is 1. The number of nitrogens with zero attached hydrogens (tertiary/aromatic N) is 1. The van der Waals surface area contributed by atoms with Crippen molar-refractivity contribution < 1.29 is 19.1 Å². The van der Waals surface area contributed by atoms with Crippen LogP contribution >= 0.6 is 15.9 Å². The third-order valence-corrected chi connectivity index (χ3v) is 5.18. The number of benzene rings is 2. The van der Waals surface area contributed by atoms with E-state index in [0.29, 0.717) is 17.0 Å². The molecule has 1 amide bonds. The van der Waals surface area contributed by atoms with Crippen molar-refractivity contribution in [3.63, 3.8) is 0 Å². The van der Waals surface area contributed by atoms with Gasteiger partial charge >= 0.3 is 0 Å². The van der Waals surface area contributed by atoms with Crippen molar-refractivity contribution in [1.29, 1.82) is 0 Å². The number of rotatable bonds is 3. The molecule has 0 radical (unpaired) electrons. The average molecular weight is 438 g/mol. The fraction of sp³-hybridized carbons (Fsp3) is 0.0909. The molecule has 1 aliphatic heterocycles. The number of carbonyl (C=O) groups excluding carboxylic acids is 2. The van der Waals surface area contributed by atoms with Crippen LogP contribution in [0.5, 0.6) is 0 Å². The van der Waals surface area contributed by atoms with E-state index in [-0.39, 0.29) is 11.3 Å². The largest absolute Gasteiger partial charge is 0.507 e. The molecule has 1 aliphatic rings. The highest BCUT2D eigenvalue weighted by atomic mass is 79.9. The zero-order chi connectivity index (χ0) is 19.8. The first-order valence-corrected chi connectivity index (χ1v) is 9.43. The summed E-state index contributed by atoms with van der Waals surface area (Å²) in [5, 5.41) is 10.9. The van der Waals surface area contributed by atoms with Crippen LogP contribution in [0.2, 0.25) is 0 Å². The van der Waals surface area contributed by atoms with Gasteiger partial charge in [0.05, 0.1) is 11.8 Å². The molecule has 1 fully saturated rings. The minimum atomic E-state index is -0.847. The number of carbonyl (C=O) groups is 2. The molecule has 1 N–H and O–H groups in total. The van der Waals surface area contributed by atoms with Gasteiger partial charge in [0.25, 0.3) is 11.7 Å². The number of aryl methyl sites for hydroxylation is 1. The van der Waals surface area contributed by atoms with Crippen molar-refractivity contribution in [3.05, 3.63) is 93.9 Å². The summed E-state index contributed by atoms with van der Waals surface area (Å²) in [4.78, 5) is 27.2. The van der Waals surface area contributed by atoms with E-state index in [1.165, 1.54) is 11.2 Å². The topological polar surface area (TPSA) is 70.8 Å². The molecule has 5 nitrogen and oxygen atoms in total. The Morgan fingerprint density at radius 3 is 2.46 bits per heavy atom. The fourth-order valence-electron chi connectivity index (χ4n) is 3.36. The van der Waals surface area contributed by atoms with E-state index in [4.69, 9.17) is 4.42 Å². The summed E-state index contributed by atoms with van der Waals surface area (Å²) in [7, 11) is 0. The zero-order valence-electron chi connectivity index (χ0n) is 14.9. The van der Waals surface area contributed by atoms with Crippen LogP contribution in [0, 0.1) is 6.92 Å². The second-order valence-electron chi connectivity index (χ2n) is 6.53. The molecule has 0 aliphatic carbocycles.